The highest BCUT2D eigenvalue weighted by Crippen LogP contribution is 2.63. The molecular weight excluding hydrogens is 521 g/mol. The Balaban J connectivity index is 2.57. The third kappa shape index (κ3) is 5.32. The van der Waals surface area contributed by atoms with Gasteiger partial charge in [0, 0.05) is 22.5 Å². The van der Waals surface area contributed by atoms with Gasteiger partial charge in [-0.2, -0.15) is 8.78 Å². The zero-order valence-electron chi connectivity index (χ0n) is 14.7. The first-order chi connectivity index (χ1) is 13.2. The quantitative estimate of drug-likeness (QED) is 0.298. The van der Waals surface area contributed by atoms with Crippen molar-refractivity contribution in [1.82, 2.24) is 5.32 Å². The van der Waals surface area contributed by atoms with Gasteiger partial charge in [0.05, 0.1) is 17.1 Å². The maximum absolute atomic E-state index is 14.3. The summed E-state index contributed by atoms with van der Waals surface area (Å²) in [6.07, 6.45) is 0.00255. The lowest BCUT2D eigenvalue weighted by molar-refractivity contribution is 0.0595. The first-order valence-electron chi connectivity index (χ1n) is 7.74. The molecule has 9 nitrogen and oxygen atoms in total. The number of carbonyl (C=O) groups is 1. The number of primary sulfonamides is 1. The van der Waals surface area contributed by atoms with Crippen LogP contribution in [0.15, 0.2) is 16.6 Å². The second-order valence-corrected chi connectivity index (χ2v) is 11.0. The van der Waals surface area contributed by atoms with Crippen molar-refractivity contribution in [3.63, 3.8) is 0 Å². The molecular formula is C14H16BrF2N2O7PS2. The Morgan fingerprint density at radius 3 is 2.55 bits per heavy atom. The number of benzene rings is 1. The number of rotatable bonds is 8. The molecule has 0 aliphatic carbocycles. The van der Waals surface area contributed by atoms with Crippen LogP contribution in [0.2, 0.25) is 0 Å². The first-order valence-corrected chi connectivity index (χ1v) is 12.7. The molecule has 0 aliphatic rings. The third-order valence-corrected chi connectivity index (χ3v) is 7.99. The maximum atomic E-state index is 14.3. The molecule has 2 aromatic rings. The van der Waals surface area contributed by atoms with Gasteiger partial charge in [-0.1, -0.05) is 0 Å². The zero-order chi connectivity index (χ0) is 22.2. The molecule has 0 bridgehead atoms. The maximum Gasteiger partial charge on any atom is 0.400 e. The van der Waals surface area contributed by atoms with E-state index in [1.165, 1.54) is 19.2 Å². The van der Waals surface area contributed by atoms with Crippen LogP contribution in [0.3, 0.4) is 0 Å². The van der Waals surface area contributed by atoms with Gasteiger partial charge >= 0.3 is 13.3 Å². The molecule has 29 heavy (non-hydrogen) atoms. The SMILES string of the molecule is CNC(=O)c1cc(OCCCS(N)(=O)=O)c2sc(C(F)(F)P(=O)(O)O)c(Br)c2c1. The minimum atomic E-state index is -5.82. The van der Waals surface area contributed by atoms with Crippen LogP contribution in [-0.2, 0) is 20.3 Å². The van der Waals surface area contributed by atoms with E-state index in [0.717, 1.165) is 0 Å². The molecule has 0 radical (unpaired) electrons. The Morgan fingerprint density at radius 1 is 1.41 bits per heavy atom. The fourth-order valence-electron chi connectivity index (χ4n) is 2.29. The summed E-state index contributed by atoms with van der Waals surface area (Å²) in [5.74, 6) is -0.947. The van der Waals surface area contributed by atoms with Gasteiger partial charge in [0.25, 0.3) is 5.91 Å². The van der Waals surface area contributed by atoms with E-state index in [9.17, 15) is 26.6 Å². The van der Waals surface area contributed by atoms with E-state index in [1.54, 1.807) is 0 Å². The topological polar surface area (TPSA) is 156 Å². The normalized spacial score (nSPS) is 12.9. The average molecular weight is 537 g/mol. The van der Waals surface area contributed by atoms with Gasteiger partial charge in [0.15, 0.2) is 0 Å². The van der Waals surface area contributed by atoms with Crippen molar-refractivity contribution in [1.29, 1.82) is 0 Å². The molecule has 0 saturated heterocycles. The van der Waals surface area contributed by atoms with Crippen molar-refractivity contribution in [2.45, 2.75) is 12.1 Å². The summed E-state index contributed by atoms with van der Waals surface area (Å²) in [6, 6.07) is 2.53. The minimum absolute atomic E-state index is 0.00255. The number of fused-ring (bicyclic) bond motifs is 1. The second-order valence-electron chi connectivity index (χ2n) is 5.83. The van der Waals surface area contributed by atoms with Crippen LogP contribution < -0.4 is 15.2 Å². The summed E-state index contributed by atoms with van der Waals surface area (Å²) in [6.45, 7) is -0.150. The Kier molecular flexibility index (Phi) is 7.10. The number of halogens is 3. The number of hydrogen-bond acceptors (Lipinski definition) is 6. The predicted octanol–water partition coefficient (Wildman–Crippen LogP) is 2.31. The van der Waals surface area contributed by atoms with Gasteiger partial charge in [0.1, 0.15) is 10.6 Å². The monoisotopic (exact) mass is 536 g/mol. The summed E-state index contributed by atoms with van der Waals surface area (Å²) in [5.41, 5.74) is -4.42. The lowest BCUT2D eigenvalue weighted by Crippen LogP contribution is -2.19. The second kappa shape index (κ2) is 8.53. The Bertz CT molecular complexity index is 1100. The largest absolute Gasteiger partial charge is 0.492 e. The van der Waals surface area contributed by atoms with Gasteiger partial charge in [-0.15, -0.1) is 11.3 Å². The van der Waals surface area contributed by atoms with E-state index < -0.39 is 34.1 Å². The number of nitrogens with one attached hydrogen (secondary N) is 1. The van der Waals surface area contributed by atoms with Crippen LogP contribution >= 0.6 is 34.9 Å². The lowest BCUT2D eigenvalue weighted by atomic mass is 10.1. The van der Waals surface area contributed by atoms with Crippen molar-refractivity contribution in [3.05, 3.63) is 27.0 Å². The molecule has 1 heterocycles. The molecule has 5 N–H and O–H groups in total. The van der Waals surface area contributed by atoms with Crippen LogP contribution in [0.1, 0.15) is 21.7 Å². The molecule has 1 aromatic carbocycles. The number of carbonyl (C=O) groups excluding carboxylic acids is 1. The lowest BCUT2D eigenvalue weighted by Gasteiger charge is -2.16. The van der Waals surface area contributed by atoms with Crippen LogP contribution in [0.4, 0.5) is 8.78 Å². The number of alkyl halides is 2. The summed E-state index contributed by atoms with van der Waals surface area (Å²) >= 11 is 3.32. The number of hydrogen-bond donors (Lipinski definition) is 4. The first kappa shape index (κ1) is 24.1. The fourth-order valence-corrected chi connectivity index (χ4v) is 5.79. The van der Waals surface area contributed by atoms with Crippen LogP contribution in [0.5, 0.6) is 5.75 Å². The van der Waals surface area contributed by atoms with Gasteiger partial charge in [-0.3, -0.25) is 9.36 Å². The summed E-state index contributed by atoms with van der Waals surface area (Å²) in [7, 11) is -8.19. The van der Waals surface area contributed by atoms with E-state index in [4.69, 9.17) is 19.7 Å². The third-order valence-electron chi connectivity index (χ3n) is 3.65. The molecule has 1 aromatic heterocycles. The molecule has 0 fully saturated rings. The molecule has 0 spiro atoms. The smallest absolute Gasteiger partial charge is 0.400 e. The molecule has 1 amide bonds. The molecule has 0 aliphatic heterocycles. The van der Waals surface area contributed by atoms with Gasteiger partial charge in [-0.05, 0) is 34.5 Å². The zero-order valence-corrected chi connectivity index (χ0v) is 18.8. The van der Waals surface area contributed by atoms with Crippen LogP contribution in [-0.4, -0.2) is 43.5 Å². The van der Waals surface area contributed by atoms with Gasteiger partial charge < -0.3 is 19.8 Å². The Hall–Kier alpha value is -1.15. The predicted molar refractivity (Wildman–Crippen MR) is 107 cm³/mol. The minimum Gasteiger partial charge on any atom is -0.492 e. The highest BCUT2D eigenvalue weighted by atomic mass is 79.9. The number of amides is 1. The van der Waals surface area contributed by atoms with E-state index in [-0.39, 0.29) is 44.7 Å². The number of sulfonamides is 1. The highest BCUT2D eigenvalue weighted by Gasteiger charge is 2.53. The van der Waals surface area contributed by atoms with Crippen molar-refractivity contribution in [3.8, 4) is 5.75 Å². The van der Waals surface area contributed by atoms with E-state index in [0.29, 0.717) is 11.3 Å². The van der Waals surface area contributed by atoms with Crippen LogP contribution in [0.25, 0.3) is 10.1 Å². The van der Waals surface area contributed by atoms with Crippen molar-refractivity contribution in [2.75, 3.05) is 19.4 Å². The molecule has 162 valence electrons. The van der Waals surface area contributed by atoms with Crippen LogP contribution in [0, 0.1) is 0 Å². The summed E-state index contributed by atoms with van der Waals surface area (Å²) < 4.78 is 67.1. The van der Waals surface area contributed by atoms with Crippen molar-refractivity contribution >= 4 is 60.9 Å². The number of ether oxygens (including phenoxy) is 1. The Morgan fingerprint density at radius 2 is 2.03 bits per heavy atom. The average Bonchev–Trinajstić information content (AvgIpc) is 2.93. The molecule has 2 rings (SSSR count). The van der Waals surface area contributed by atoms with Gasteiger partial charge in [-0.25, -0.2) is 13.6 Å². The van der Waals surface area contributed by atoms with E-state index in [1.807, 2.05) is 0 Å². The molecule has 15 heteroatoms. The van der Waals surface area contributed by atoms with Crippen molar-refractivity contribution in [2.24, 2.45) is 5.14 Å². The Labute approximate surface area is 176 Å². The highest BCUT2D eigenvalue weighted by molar-refractivity contribution is 9.10. The summed E-state index contributed by atoms with van der Waals surface area (Å²) in [4.78, 5) is 29.1. The molecule has 0 atom stereocenters. The summed E-state index contributed by atoms with van der Waals surface area (Å²) in [5, 5.41) is 7.35. The number of nitrogens with two attached hydrogens (primary N) is 1. The van der Waals surface area contributed by atoms with E-state index in [2.05, 4.69) is 21.2 Å². The molecule has 0 unspecified atom stereocenters. The molecule has 0 saturated carbocycles. The fraction of sp³-hybridized carbons (Fsp3) is 0.357. The van der Waals surface area contributed by atoms with E-state index >= 15 is 0 Å². The van der Waals surface area contributed by atoms with Crippen molar-refractivity contribution < 1.29 is 41.1 Å². The standard InChI is InChI=1S/C14H16BrF2N2O7PS2/c1-19-13(20)7-5-8-10(15)12(14(16,17)27(21,22)23)28-11(8)9(6-7)26-3-2-4-29(18,24)25/h5-6H,2-4H2,1H3,(H,19,20)(H2,18,24,25)(H2,21,22,23). The number of thiophene rings is 1. The van der Waals surface area contributed by atoms with Gasteiger partial charge in [0.2, 0.25) is 10.0 Å².